The van der Waals surface area contributed by atoms with Crippen LogP contribution in [-0.4, -0.2) is 56.3 Å². The summed E-state index contributed by atoms with van der Waals surface area (Å²) in [5.74, 6) is -0.991. The van der Waals surface area contributed by atoms with E-state index in [9.17, 15) is 18.0 Å². The molecule has 0 bridgehead atoms. The Balaban J connectivity index is 1.60. The van der Waals surface area contributed by atoms with Gasteiger partial charge in [0.05, 0.1) is 4.90 Å². The first-order valence-corrected chi connectivity index (χ1v) is 12.8. The number of sulfonamides is 1. The van der Waals surface area contributed by atoms with E-state index in [4.69, 9.17) is 23.2 Å². The van der Waals surface area contributed by atoms with E-state index in [0.29, 0.717) is 25.9 Å². The lowest BCUT2D eigenvalue weighted by Crippen LogP contribution is -2.63. The average molecular weight is 520 g/mol. The maximum atomic E-state index is 13.0. The fourth-order valence-electron chi connectivity index (χ4n) is 3.27. The molecule has 13 heteroatoms. The van der Waals surface area contributed by atoms with Gasteiger partial charge in [0.2, 0.25) is 15.9 Å². The molecule has 1 aliphatic heterocycles. The fourth-order valence-corrected chi connectivity index (χ4v) is 5.30. The molecule has 0 saturated carbocycles. The van der Waals surface area contributed by atoms with Gasteiger partial charge in [-0.25, -0.2) is 13.1 Å². The number of piperidine rings is 1. The number of amides is 2. The maximum Gasteiger partial charge on any atom is 0.273 e. The highest BCUT2D eigenvalue weighted by atomic mass is 35.5. The minimum Gasteiger partial charge on any atom is -0.353 e. The average Bonchev–Trinajstić information content (AvgIpc) is 3.10. The van der Waals surface area contributed by atoms with Crippen molar-refractivity contribution >= 4 is 56.6 Å². The number of carbonyl (C=O) groups excluding carboxylic acids is 2. The topological polar surface area (TPSA) is 129 Å². The van der Waals surface area contributed by atoms with Crippen molar-refractivity contribution in [1.82, 2.24) is 25.0 Å². The largest absolute Gasteiger partial charge is 0.353 e. The summed E-state index contributed by atoms with van der Waals surface area (Å²) in [6, 6.07) is 6.46. The molecule has 3 rings (SSSR count). The van der Waals surface area contributed by atoms with E-state index in [0.717, 1.165) is 17.1 Å². The van der Waals surface area contributed by atoms with Gasteiger partial charge in [0.25, 0.3) is 5.91 Å². The Hall–Kier alpha value is -1.76. The second-order valence-electron chi connectivity index (χ2n) is 7.37. The smallest absolute Gasteiger partial charge is 0.273 e. The van der Waals surface area contributed by atoms with Crippen LogP contribution in [0.1, 0.15) is 28.9 Å². The summed E-state index contributed by atoms with van der Waals surface area (Å²) < 4.78 is 31.3. The third kappa shape index (κ3) is 5.77. The zero-order valence-electron chi connectivity index (χ0n) is 17.2. The SMILES string of the molecule is Cc1ccc(S(=O)(=O)NCCNC(=O)C2(NC(=O)c3nsc(Cl)c3Cl)CCNCC2)cc1. The van der Waals surface area contributed by atoms with Gasteiger partial charge in [-0.05, 0) is 56.5 Å². The number of hydrogen-bond acceptors (Lipinski definition) is 7. The van der Waals surface area contributed by atoms with Crippen LogP contribution >= 0.6 is 34.7 Å². The van der Waals surface area contributed by atoms with E-state index in [1.807, 2.05) is 6.92 Å². The van der Waals surface area contributed by atoms with Gasteiger partial charge in [-0.2, -0.15) is 4.37 Å². The van der Waals surface area contributed by atoms with Crippen molar-refractivity contribution in [1.29, 1.82) is 0 Å². The predicted molar refractivity (Wildman–Crippen MR) is 124 cm³/mol. The number of benzene rings is 1. The maximum absolute atomic E-state index is 13.0. The Morgan fingerprint density at radius 1 is 1.16 bits per heavy atom. The van der Waals surface area contributed by atoms with Gasteiger partial charge < -0.3 is 16.0 Å². The van der Waals surface area contributed by atoms with Gasteiger partial charge in [-0.15, -0.1) is 0 Å². The molecule has 2 aromatic rings. The van der Waals surface area contributed by atoms with Gasteiger partial charge in [0, 0.05) is 13.1 Å². The van der Waals surface area contributed by atoms with Crippen molar-refractivity contribution < 1.29 is 18.0 Å². The van der Waals surface area contributed by atoms with E-state index >= 15 is 0 Å². The highest BCUT2D eigenvalue weighted by molar-refractivity contribution is 7.89. The van der Waals surface area contributed by atoms with Crippen molar-refractivity contribution in [3.8, 4) is 0 Å². The van der Waals surface area contributed by atoms with E-state index in [1.54, 1.807) is 12.1 Å². The van der Waals surface area contributed by atoms with E-state index in [1.165, 1.54) is 12.1 Å². The summed E-state index contributed by atoms with van der Waals surface area (Å²) in [7, 11) is -3.69. The van der Waals surface area contributed by atoms with Gasteiger partial charge >= 0.3 is 0 Å². The monoisotopic (exact) mass is 519 g/mol. The lowest BCUT2D eigenvalue weighted by Gasteiger charge is -2.36. The molecule has 1 aromatic carbocycles. The molecular weight excluding hydrogens is 497 g/mol. The Labute approximate surface area is 200 Å². The van der Waals surface area contributed by atoms with Crippen molar-refractivity contribution in [2.24, 2.45) is 0 Å². The van der Waals surface area contributed by atoms with Crippen LogP contribution in [0.15, 0.2) is 29.2 Å². The minimum atomic E-state index is -3.69. The van der Waals surface area contributed by atoms with Crippen molar-refractivity contribution in [2.75, 3.05) is 26.2 Å². The molecule has 0 aliphatic carbocycles. The summed E-state index contributed by atoms with van der Waals surface area (Å²) in [5.41, 5.74) is -0.248. The molecule has 4 N–H and O–H groups in total. The molecule has 174 valence electrons. The minimum absolute atomic E-state index is 0.00223. The number of nitrogens with zero attached hydrogens (tertiary/aromatic N) is 1. The first-order chi connectivity index (χ1) is 15.1. The Morgan fingerprint density at radius 2 is 1.81 bits per heavy atom. The second kappa shape index (κ2) is 10.4. The third-order valence-electron chi connectivity index (χ3n) is 5.09. The van der Waals surface area contributed by atoms with Gasteiger partial charge in [0.1, 0.15) is 14.9 Å². The summed E-state index contributed by atoms with van der Waals surface area (Å²) in [4.78, 5) is 25.8. The molecular formula is C19H23Cl2N5O4S2. The zero-order chi connectivity index (χ0) is 23.4. The molecule has 0 atom stereocenters. The van der Waals surface area contributed by atoms with Crippen molar-refractivity contribution in [2.45, 2.75) is 30.2 Å². The second-order valence-corrected chi connectivity index (χ2v) is 10.9. The normalized spacial score (nSPS) is 15.8. The molecule has 2 heterocycles. The highest BCUT2D eigenvalue weighted by Gasteiger charge is 2.41. The van der Waals surface area contributed by atoms with Gasteiger partial charge in [0.15, 0.2) is 5.69 Å². The molecule has 2 amide bonds. The lowest BCUT2D eigenvalue weighted by molar-refractivity contribution is -0.128. The molecule has 1 fully saturated rings. The lowest BCUT2D eigenvalue weighted by atomic mass is 9.87. The Morgan fingerprint density at radius 3 is 2.41 bits per heavy atom. The molecule has 1 aromatic heterocycles. The Bertz CT molecular complexity index is 1080. The van der Waals surface area contributed by atoms with Gasteiger partial charge in [-0.1, -0.05) is 40.9 Å². The van der Waals surface area contributed by atoms with E-state index in [-0.39, 0.29) is 33.0 Å². The quantitative estimate of drug-likeness (QED) is 0.393. The molecule has 32 heavy (non-hydrogen) atoms. The van der Waals surface area contributed by atoms with Crippen LogP contribution in [0.2, 0.25) is 9.36 Å². The standard InChI is InChI=1S/C19H23Cl2N5O4S2/c1-12-2-4-13(5-3-12)32(29,30)24-11-10-23-18(28)19(6-8-22-9-7-19)25-17(27)15-14(20)16(21)31-26-15/h2-5,22,24H,6-11H2,1H3,(H,23,28)(H,25,27). The summed E-state index contributed by atoms with van der Waals surface area (Å²) in [5, 5.41) is 8.67. The molecule has 0 unspecified atom stereocenters. The highest BCUT2D eigenvalue weighted by Crippen LogP contribution is 2.30. The molecule has 1 aliphatic rings. The first kappa shape index (κ1) is 24.9. The number of halogens is 2. The number of aromatic nitrogens is 1. The van der Waals surface area contributed by atoms with Crippen molar-refractivity contribution in [3.63, 3.8) is 0 Å². The van der Waals surface area contributed by atoms with Crippen LogP contribution in [-0.2, 0) is 14.8 Å². The van der Waals surface area contributed by atoms with E-state index in [2.05, 4.69) is 25.0 Å². The van der Waals surface area contributed by atoms with Crippen LogP contribution in [0.5, 0.6) is 0 Å². The summed E-state index contributed by atoms with van der Waals surface area (Å²) >= 11 is 12.8. The zero-order valence-corrected chi connectivity index (χ0v) is 20.3. The molecule has 0 spiro atoms. The number of rotatable bonds is 8. The number of nitrogens with one attached hydrogen (secondary N) is 4. The fraction of sp³-hybridized carbons (Fsp3) is 0.421. The number of carbonyl (C=O) groups is 2. The predicted octanol–water partition coefficient (Wildman–Crippen LogP) is 1.71. The van der Waals surface area contributed by atoms with Crippen LogP contribution < -0.4 is 20.7 Å². The van der Waals surface area contributed by atoms with E-state index < -0.39 is 27.4 Å². The Kier molecular flexibility index (Phi) is 8.12. The summed E-state index contributed by atoms with van der Waals surface area (Å²) in [6.07, 6.45) is 0.713. The van der Waals surface area contributed by atoms with Crippen molar-refractivity contribution in [3.05, 3.63) is 44.9 Å². The summed E-state index contributed by atoms with van der Waals surface area (Å²) in [6.45, 7) is 2.97. The van der Waals surface area contributed by atoms with Crippen LogP contribution in [0, 0.1) is 6.92 Å². The molecule has 0 radical (unpaired) electrons. The third-order valence-corrected chi connectivity index (χ3v) is 8.18. The van der Waals surface area contributed by atoms with Gasteiger partial charge in [-0.3, -0.25) is 9.59 Å². The molecule has 1 saturated heterocycles. The molecule has 9 nitrogen and oxygen atoms in total. The van der Waals surface area contributed by atoms with Crippen LogP contribution in [0.25, 0.3) is 0 Å². The van der Waals surface area contributed by atoms with Crippen LogP contribution in [0.3, 0.4) is 0 Å². The number of hydrogen-bond donors (Lipinski definition) is 4. The van der Waals surface area contributed by atoms with Crippen LogP contribution in [0.4, 0.5) is 0 Å². The first-order valence-electron chi connectivity index (χ1n) is 9.83. The number of aryl methyl sites for hydroxylation is 1.